The van der Waals surface area contributed by atoms with Gasteiger partial charge in [0.25, 0.3) is 5.69 Å². The van der Waals surface area contributed by atoms with Crippen LogP contribution in [0.1, 0.15) is 51.9 Å². The zero-order valence-corrected chi connectivity index (χ0v) is 23.2. The maximum Gasteiger partial charge on any atom is 0.333 e. The molecule has 2 aromatic carbocycles. The molecule has 3 rings (SSSR count). The van der Waals surface area contributed by atoms with E-state index in [4.69, 9.17) is 9.47 Å². The highest BCUT2D eigenvalue weighted by molar-refractivity contribution is 5.86. The van der Waals surface area contributed by atoms with Crippen molar-refractivity contribution in [3.63, 3.8) is 0 Å². The van der Waals surface area contributed by atoms with E-state index in [0.29, 0.717) is 36.1 Å². The van der Waals surface area contributed by atoms with E-state index in [-0.39, 0.29) is 11.7 Å². The van der Waals surface area contributed by atoms with E-state index in [9.17, 15) is 14.9 Å². The molecule has 0 unspecified atom stereocenters. The van der Waals surface area contributed by atoms with Crippen molar-refractivity contribution in [3.8, 4) is 5.75 Å². The third kappa shape index (κ3) is 10.6. The number of ether oxygens (including phenoxy) is 2. The minimum absolute atomic E-state index is 0.0276. The topological polar surface area (TPSA) is 103 Å². The van der Waals surface area contributed by atoms with Crippen LogP contribution in [0, 0.1) is 16.0 Å². The fraction of sp³-hybridized carbons (Fsp3) is 0.500. The number of esters is 1. The summed E-state index contributed by atoms with van der Waals surface area (Å²) in [6.45, 7) is 10.1. The van der Waals surface area contributed by atoms with Gasteiger partial charge in [-0.05, 0) is 94.2 Å². The second-order valence-corrected chi connectivity index (χ2v) is 10.7. The van der Waals surface area contributed by atoms with E-state index in [0.717, 1.165) is 29.5 Å². The molecule has 39 heavy (non-hydrogen) atoms. The van der Waals surface area contributed by atoms with E-state index in [1.165, 1.54) is 57.5 Å². The molecule has 9 nitrogen and oxygen atoms in total. The lowest BCUT2D eigenvalue weighted by atomic mass is 9.92. The zero-order valence-electron chi connectivity index (χ0n) is 23.2. The number of carbonyl (C=O) groups is 1. The van der Waals surface area contributed by atoms with Crippen molar-refractivity contribution in [1.29, 1.82) is 0 Å². The summed E-state index contributed by atoms with van der Waals surface area (Å²) in [6.07, 6.45) is 7.96. The Morgan fingerprint density at radius 2 is 1.56 bits per heavy atom. The number of nitro benzene ring substituents is 1. The number of nitro groups is 1. The van der Waals surface area contributed by atoms with E-state index in [1.54, 1.807) is 19.1 Å². The summed E-state index contributed by atoms with van der Waals surface area (Å²) in [6, 6.07) is 13.4. The number of quaternary nitrogens is 1. The predicted octanol–water partition coefficient (Wildman–Crippen LogP) is 7.32. The first-order valence-corrected chi connectivity index (χ1v) is 13.8. The molecule has 1 heterocycles. The number of rotatable bonds is 15. The number of nitrogens with zero attached hydrogens (tertiary/aromatic N) is 4. The number of azo groups is 1. The van der Waals surface area contributed by atoms with E-state index in [1.807, 2.05) is 24.3 Å². The Labute approximate surface area is 231 Å². The van der Waals surface area contributed by atoms with Crippen molar-refractivity contribution in [2.45, 2.75) is 51.9 Å². The summed E-state index contributed by atoms with van der Waals surface area (Å²) < 4.78 is 12.3. The zero-order chi connectivity index (χ0) is 28.1. The normalized spacial score (nSPS) is 19.1. The molecule has 0 aromatic heterocycles. The number of piperidine rings is 1. The summed E-state index contributed by atoms with van der Waals surface area (Å²) in [4.78, 5) is 21.8. The Bertz CT molecular complexity index is 1110. The van der Waals surface area contributed by atoms with Crippen LogP contribution in [0.25, 0.3) is 0 Å². The minimum atomic E-state index is -0.441. The molecule has 0 amide bonds. The van der Waals surface area contributed by atoms with E-state index < -0.39 is 4.92 Å². The van der Waals surface area contributed by atoms with Crippen molar-refractivity contribution in [2.75, 3.05) is 39.9 Å². The van der Waals surface area contributed by atoms with Gasteiger partial charge in [0, 0.05) is 17.7 Å². The number of carbonyl (C=O) groups excluding carboxylic acids is 1. The van der Waals surface area contributed by atoms with Gasteiger partial charge >= 0.3 is 5.97 Å². The molecule has 0 saturated carbocycles. The highest BCUT2D eigenvalue weighted by Gasteiger charge is 2.29. The molecule has 0 aliphatic carbocycles. The maximum absolute atomic E-state index is 11.5. The Morgan fingerprint density at radius 1 is 0.974 bits per heavy atom. The number of non-ortho nitro benzene ring substituents is 1. The predicted molar refractivity (Wildman–Crippen MR) is 152 cm³/mol. The minimum Gasteiger partial charge on any atom is -0.494 e. The lowest BCUT2D eigenvalue weighted by Gasteiger charge is -2.40. The number of hydrogen-bond donors (Lipinski definition) is 0. The highest BCUT2D eigenvalue weighted by Crippen LogP contribution is 2.26. The highest BCUT2D eigenvalue weighted by atomic mass is 16.6. The van der Waals surface area contributed by atoms with Crippen LogP contribution in [0.5, 0.6) is 5.75 Å². The monoisotopic (exact) mass is 537 g/mol. The van der Waals surface area contributed by atoms with Gasteiger partial charge in [-0.3, -0.25) is 10.1 Å². The summed E-state index contributed by atoms with van der Waals surface area (Å²) in [5.74, 6) is 1.17. The van der Waals surface area contributed by atoms with Gasteiger partial charge in [-0.1, -0.05) is 6.58 Å². The largest absolute Gasteiger partial charge is 0.494 e. The first-order valence-electron chi connectivity index (χ1n) is 13.8. The fourth-order valence-electron chi connectivity index (χ4n) is 4.70. The molecule has 210 valence electrons. The van der Waals surface area contributed by atoms with Gasteiger partial charge in [-0.15, -0.1) is 0 Å². The van der Waals surface area contributed by atoms with E-state index >= 15 is 0 Å². The maximum atomic E-state index is 11.5. The standard InChI is InChI=1S/C30H41N4O5/c1-24(2)30(35)39-23-18-25-16-20-34(3,21-17-25)19-6-4-5-7-22-38-29-14-10-27(11-15-29)32-31-26-8-12-28(13-9-26)33(36)37/h8-15,25H,1,4-7,16-23H2,2-3H3/q+1. The lowest BCUT2D eigenvalue weighted by Crippen LogP contribution is -2.50. The van der Waals surface area contributed by atoms with Crippen molar-refractivity contribution < 1.29 is 23.7 Å². The molecule has 2 aromatic rings. The van der Waals surface area contributed by atoms with Crippen LogP contribution in [-0.4, -0.2) is 55.3 Å². The molecule has 1 saturated heterocycles. The Balaban J connectivity index is 1.24. The third-order valence-electron chi connectivity index (χ3n) is 7.30. The smallest absolute Gasteiger partial charge is 0.333 e. The van der Waals surface area contributed by atoms with Gasteiger partial charge in [0.2, 0.25) is 0 Å². The molecule has 1 aliphatic heterocycles. The van der Waals surface area contributed by atoms with Gasteiger partial charge in [0.05, 0.1) is 56.2 Å². The molecule has 1 aliphatic rings. The van der Waals surface area contributed by atoms with Gasteiger partial charge in [-0.25, -0.2) is 4.79 Å². The SMILES string of the molecule is C=C(C)C(=O)OCCC1CC[N+](C)(CCCCCCOc2ccc(N=Nc3ccc([N+](=O)[O-])cc3)cc2)CC1. The first-order chi connectivity index (χ1) is 18.7. The van der Waals surface area contributed by atoms with Crippen molar-refractivity contribution in [3.05, 3.63) is 70.8 Å². The quantitative estimate of drug-likeness (QED) is 0.0450. The van der Waals surface area contributed by atoms with Gasteiger partial charge < -0.3 is 14.0 Å². The Hall–Kier alpha value is -3.59. The van der Waals surface area contributed by atoms with Gasteiger partial charge in [0.15, 0.2) is 0 Å². The van der Waals surface area contributed by atoms with Crippen LogP contribution in [0.15, 0.2) is 70.9 Å². The molecule has 0 atom stereocenters. The number of hydrogen-bond acceptors (Lipinski definition) is 7. The molecule has 0 bridgehead atoms. The van der Waals surface area contributed by atoms with Crippen molar-refractivity contribution in [1.82, 2.24) is 0 Å². The Kier molecular flexibility index (Phi) is 11.6. The van der Waals surface area contributed by atoms with Crippen LogP contribution in [0.3, 0.4) is 0 Å². The average molecular weight is 538 g/mol. The second kappa shape index (κ2) is 15.1. The van der Waals surface area contributed by atoms with Gasteiger partial charge in [-0.2, -0.15) is 10.2 Å². The van der Waals surface area contributed by atoms with Gasteiger partial charge in [0.1, 0.15) is 5.75 Å². The first kappa shape index (κ1) is 30.0. The molecule has 0 N–H and O–H groups in total. The summed E-state index contributed by atoms with van der Waals surface area (Å²) in [5, 5.41) is 19.0. The molecule has 9 heteroatoms. The molecular weight excluding hydrogens is 496 g/mol. The summed E-state index contributed by atoms with van der Waals surface area (Å²) >= 11 is 0. The van der Waals surface area contributed by atoms with Crippen LogP contribution in [0.2, 0.25) is 0 Å². The third-order valence-corrected chi connectivity index (χ3v) is 7.30. The lowest BCUT2D eigenvalue weighted by molar-refractivity contribution is -0.915. The van der Waals surface area contributed by atoms with Crippen LogP contribution in [0.4, 0.5) is 17.1 Å². The summed E-state index contributed by atoms with van der Waals surface area (Å²) in [5.41, 5.74) is 1.74. The molecular formula is C30H41N4O5+. The molecule has 1 fully saturated rings. The molecule has 0 radical (unpaired) electrons. The number of likely N-dealkylation sites (tertiary alicyclic amines) is 1. The average Bonchev–Trinajstić information content (AvgIpc) is 2.93. The Morgan fingerprint density at radius 3 is 2.15 bits per heavy atom. The number of unbranched alkanes of at least 4 members (excludes halogenated alkanes) is 3. The molecule has 0 spiro atoms. The summed E-state index contributed by atoms with van der Waals surface area (Å²) in [7, 11) is 2.37. The fourth-order valence-corrected chi connectivity index (χ4v) is 4.70. The van der Waals surface area contributed by atoms with Crippen LogP contribution >= 0.6 is 0 Å². The van der Waals surface area contributed by atoms with Crippen molar-refractivity contribution >= 4 is 23.0 Å². The van der Waals surface area contributed by atoms with E-state index in [2.05, 4.69) is 23.9 Å². The number of benzene rings is 2. The van der Waals surface area contributed by atoms with Crippen LogP contribution in [-0.2, 0) is 9.53 Å². The second-order valence-electron chi connectivity index (χ2n) is 10.7. The van der Waals surface area contributed by atoms with Crippen LogP contribution < -0.4 is 4.74 Å². The van der Waals surface area contributed by atoms with Crippen molar-refractivity contribution in [2.24, 2.45) is 16.1 Å².